The molecule has 0 fully saturated rings. The topological polar surface area (TPSA) is 75.1 Å². The molecular weight excluding hydrogens is 270 g/mol. The van der Waals surface area contributed by atoms with Gasteiger partial charge in [0.1, 0.15) is 5.84 Å². The summed E-state index contributed by atoms with van der Waals surface area (Å²) in [5.74, 6) is 1.49. The lowest BCUT2D eigenvalue weighted by Gasteiger charge is -2.27. The van der Waals surface area contributed by atoms with Crippen LogP contribution < -0.4 is 15.4 Å². The molecule has 3 N–H and O–H groups in total. The third-order valence-corrected chi connectivity index (χ3v) is 3.27. The third kappa shape index (κ3) is 3.86. The predicted octanol–water partition coefficient (Wildman–Crippen LogP) is 1.07. The van der Waals surface area contributed by atoms with Crippen LogP contribution in [0.2, 0.25) is 0 Å². The minimum absolute atomic E-state index is 0.156. The van der Waals surface area contributed by atoms with Crippen molar-refractivity contribution in [3.8, 4) is 11.5 Å². The molecule has 6 heteroatoms. The summed E-state index contributed by atoms with van der Waals surface area (Å²) in [4.78, 5) is 4.51. The van der Waals surface area contributed by atoms with Crippen molar-refractivity contribution in [3.05, 3.63) is 23.8 Å². The normalized spacial score (nSPS) is 18.2. The highest BCUT2D eigenvalue weighted by Gasteiger charge is 2.24. The molecule has 0 bridgehead atoms. The maximum Gasteiger partial charge on any atom is 0.163 e. The maximum atomic E-state index is 10.4. The van der Waals surface area contributed by atoms with Crippen molar-refractivity contribution >= 4 is 5.84 Å². The summed E-state index contributed by atoms with van der Waals surface area (Å²) in [6.07, 6.45) is 0. The number of hydrogen-bond acceptors (Lipinski definition) is 6. The Labute approximate surface area is 125 Å². The fourth-order valence-corrected chi connectivity index (χ4v) is 2.31. The van der Waals surface area contributed by atoms with E-state index in [1.54, 1.807) is 13.2 Å². The number of hydrogen-bond donors (Lipinski definition) is 3. The third-order valence-electron chi connectivity index (χ3n) is 3.27. The number of nitrogens with one attached hydrogen (secondary N) is 2. The van der Waals surface area contributed by atoms with Gasteiger partial charge in [0.25, 0.3) is 0 Å². The summed E-state index contributed by atoms with van der Waals surface area (Å²) >= 11 is 0. The highest BCUT2D eigenvalue weighted by atomic mass is 16.5. The largest absolute Gasteiger partial charge is 0.504 e. The molecule has 2 rings (SSSR count). The van der Waals surface area contributed by atoms with Crippen LogP contribution >= 0.6 is 0 Å². The first kappa shape index (κ1) is 15.6. The van der Waals surface area contributed by atoms with E-state index in [1.807, 2.05) is 19.1 Å². The van der Waals surface area contributed by atoms with Gasteiger partial charge in [-0.3, -0.25) is 4.99 Å². The van der Waals surface area contributed by atoms with Crippen molar-refractivity contribution in [2.45, 2.75) is 13.0 Å². The van der Waals surface area contributed by atoms with E-state index in [1.165, 1.54) is 0 Å². The number of benzene rings is 1. The van der Waals surface area contributed by atoms with Crippen LogP contribution in [0.15, 0.2) is 23.2 Å². The summed E-state index contributed by atoms with van der Waals surface area (Å²) in [5, 5.41) is 17.0. The molecule has 116 valence electrons. The van der Waals surface area contributed by atoms with Crippen molar-refractivity contribution in [2.75, 3.05) is 40.0 Å². The first-order chi connectivity index (χ1) is 10.3. The molecule has 0 spiro atoms. The predicted molar refractivity (Wildman–Crippen MR) is 82.2 cm³/mol. The summed E-state index contributed by atoms with van der Waals surface area (Å²) in [6.45, 7) is 5.19. The number of para-hydroxylation sites is 1. The van der Waals surface area contributed by atoms with E-state index in [2.05, 4.69) is 15.6 Å². The molecule has 1 unspecified atom stereocenters. The molecular formula is C15H23N3O3. The number of phenols is 1. The molecule has 0 amide bonds. The van der Waals surface area contributed by atoms with Gasteiger partial charge in [0, 0.05) is 25.8 Å². The van der Waals surface area contributed by atoms with Gasteiger partial charge in [-0.2, -0.15) is 0 Å². The standard InChI is InChI=1S/C15H23N3O3/c1-3-21-12-6-4-5-11(14(12)19)13-15(17-8-7-16-13)18-9-10-20-2/h4-6,13,16,19H,3,7-10H2,1-2H3,(H,17,18). The van der Waals surface area contributed by atoms with Gasteiger partial charge in [-0.25, -0.2) is 0 Å². The number of aromatic hydroxyl groups is 1. The van der Waals surface area contributed by atoms with E-state index < -0.39 is 0 Å². The zero-order chi connectivity index (χ0) is 15.1. The van der Waals surface area contributed by atoms with E-state index in [0.29, 0.717) is 25.5 Å². The Morgan fingerprint density at radius 3 is 3.10 bits per heavy atom. The Balaban J connectivity index is 2.20. The molecule has 21 heavy (non-hydrogen) atoms. The van der Waals surface area contributed by atoms with Gasteiger partial charge in [0.05, 0.1) is 25.8 Å². The summed E-state index contributed by atoms with van der Waals surface area (Å²) < 4.78 is 10.5. The average Bonchev–Trinajstić information content (AvgIpc) is 2.51. The zero-order valence-corrected chi connectivity index (χ0v) is 12.6. The lowest BCUT2D eigenvalue weighted by atomic mass is 10.0. The van der Waals surface area contributed by atoms with E-state index in [9.17, 15) is 5.11 Å². The van der Waals surface area contributed by atoms with Crippen LogP contribution in [0.4, 0.5) is 0 Å². The Hall–Kier alpha value is -1.79. The number of methoxy groups -OCH3 is 1. The second-order valence-electron chi connectivity index (χ2n) is 4.70. The Bertz CT molecular complexity index is 491. The van der Waals surface area contributed by atoms with Crippen LogP contribution in [-0.2, 0) is 4.74 Å². The number of rotatable bonds is 6. The first-order valence-corrected chi connectivity index (χ1v) is 7.23. The van der Waals surface area contributed by atoms with Crippen molar-refractivity contribution in [3.63, 3.8) is 0 Å². The van der Waals surface area contributed by atoms with Gasteiger partial charge in [0.15, 0.2) is 11.5 Å². The van der Waals surface area contributed by atoms with Gasteiger partial charge in [-0.15, -0.1) is 0 Å². The summed E-state index contributed by atoms with van der Waals surface area (Å²) in [6, 6.07) is 5.37. The van der Waals surface area contributed by atoms with Gasteiger partial charge >= 0.3 is 0 Å². The van der Waals surface area contributed by atoms with Crippen molar-refractivity contribution in [1.29, 1.82) is 0 Å². The minimum Gasteiger partial charge on any atom is -0.504 e. The molecule has 1 heterocycles. The average molecular weight is 293 g/mol. The first-order valence-electron chi connectivity index (χ1n) is 7.23. The smallest absolute Gasteiger partial charge is 0.163 e. The minimum atomic E-state index is -0.156. The Morgan fingerprint density at radius 1 is 1.48 bits per heavy atom. The molecule has 1 aromatic rings. The quantitative estimate of drug-likeness (QED) is 0.684. The molecule has 0 aromatic heterocycles. The lowest BCUT2D eigenvalue weighted by Crippen LogP contribution is -2.43. The molecule has 0 saturated carbocycles. The van der Waals surface area contributed by atoms with E-state index in [4.69, 9.17) is 9.47 Å². The van der Waals surface area contributed by atoms with Crippen molar-refractivity contribution < 1.29 is 14.6 Å². The van der Waals surface area contributed by atoms with Crippen LogP contribution in [-0.4, -0.2) is 50.9 Å². The fourth-order valence-electron chi connectivity index (χ4n) is 2.31. The fraction of sp³-hybridized carbons (Fsp3) is 0.533. The molecule has 1 aliphatic rings. The maximum absolute atomic E-state index is 10.4. The van der Waals surface area contributed by atoms with Crippen LogP contribution in [0, 0.1) is 0 Å². The molecule has 0 radical (unpaired) electrons. The molecule has 6 nitrogen and oxygen atoms in total. The van der Waals surface area contributed by atoms with Crippen LogP contribution in [0.25, 0.3) is 0 Å². The highest BCUT2D eigenvalue weighted by Crippen LogP contribution is 2.34. The highest BCUT2D eigenvalue weighted by molar-refractivity contribution is 5.90. The monoisotopic (exact) mass is 293 g/mol. The van der Waals surface area contributed by atoms with Gasteiger partial charge in [-0.05, 0) is 13.0 Å². The van der Waals surface area contributed by atoms with Crippen LogP contribution in [0.5, 0.6) is 11.5 Å². The van der Waals surface area contributed by atoms with E-state index in [0.717, 1.165) is 24.5 Å². The zero-order valence-electron chi connectivity index (χ0n) is 12.6. The number of amidine groups is 1. The summed E-state index contributed by atoms with van der Waals surface area (Å²) in [7, 11) is 1.66. The number of nitrogens with zero attached hydrogens (tertiary/aromatic N) is 1. The molecule has 1 aromatic carbocycles. The molecule has 0 aliphatic carbocycles. The second-order valence-corrected chi connectivity index (χ2v) is 4.70. The molecule has 1 atom stereocenters. The second kappa shape index (κ2) is 7.85. The van der Waals surface area contributed by atoms with Crippen LogP contribution in [0.3, 0.4) is 0 Å². The number of ether oxygens (including phenoxy) is 2. The number of phenolic OH excluding ortho intramolecular Hbond substituents is 1. The van der Waals surface area contributed by atoms with Gasteiger partial charge in [-0.1, -0.05) is 12.1 Å². The van der Waals surface area contributed by atoms with Crippen LogP contribution in [0.1, 0.15) is 18.5 Å². The Morgan fingerprint density at radius 2 is 2.33 bits per heavy atom. The van der Waals surface area contributed by atoms with Crippen molar-refractivity contribution in [1.82, 2.24) is 10.6 Å². The molecule has 1 aliphatic heterocycles. The SMILES string of the molecule is CCOc1cccc(C2NCCN=C2NCCOC)c1O. The lowest BCUT2D eigenvalue weighted by molar-refractivity contribution is 0.203. The van der Waals surface area contributed by atoms with E-state index in [-0.39, 0.29) is 11.8 Å². The van der Waals surface area contributed by atoms with E-state index >= 15 is 0 Å². The van der Waals surface area contributed by atoms with Gasteiger partial charge < -0.3 is 25.2 Å². The van der Waals surface area contributed by atoms with Gasteiger partial charge in [0.2, 0.25) is 0 Å². The Kier molecular flexibility index (Phi) is 5.83. The summed E-state index contributed by atoms with van der Waals surface area (Å²) in [5.41, 5.74) is 0.768. The molecule has 0 saturated heterocycles. The number of aliphatic imine (C=N–C) groups is 1. The van der Waals surface area contributed by atoms with Crippen molar-refractivity contribution in [2.24, 2.45) is 4.99 Å².